The first kappa shape index (κ1) is 39.0. The monoisotopic (exact) mass is 878 g/mol. The lowest BCUT2D eigenvalue weighted by Gasteiger charge is -2.26. The molecule has 0 aliphatic heterocycles. The first-order valence-electron chi connectivity index (χ1n) is 23.6. The van der Waals surface area contributed by atoms with Gasteiger partial charge in [-0.05, 0) is 145 Å². The Bertz CT molecular complexity index is 4200. The number of rotatable bonds is 7. The minimum absolute atomic E-state index is 0.898. The summed E-state index contributed by atoms with van der Waals surface area (Å²) in [5.41, 5.74) is 15.6. The number of furan rings is 1. The molecule has 322 valence electrons. The van der Waals surface area contributed by atoms with Crippen LogP contribution in [0.3, 0.4) is 0 Å². The van der Waals surface area contributed by atoms with Gasteiger partial charge < -0.3 is 13.9 Å². The Morgan fingerprint density at radius 1 is 0.246 bits per heavy atom. The minimum atomic E-state index is 0.898. The van der Waals surface area contributed by atoms with Gasteiger partial charge in [0.25, 0.3) is 0 Å². The summed E-state index contributed by atoms with van der Waals surface area (Å²) in [5.74, 6) is 0. The van der Waals surface area contributed by atoms with Gasteiger partial charge in [-0.2, -0.15) is 0 Å². The third-order valence-electron chi connectivity index (χ3n) is 14.2. The van der Waals surface area contributed by atoms with E-state index in [-0.39, 0.29) is 0 Å². The molecule has 0 N–H and O–H groups in total. The van der Waals surface area contributed by atoms with Crippen molar-refractivity contribution in [2.45, 2.75) is 0 Å². The van der Waals surface area contributed by atoms with Gasteiger partial charge >= 0.3 is 0 Å². The second-order valence-corrected chi connectivity index (χ2v) is 18.1. The van der Waals surface area contributed by atoms with Gasteiger partial charge in [-0.1, -0.05) is 176 Å². The molecule has 0 fully saturated rings. The fourth-order valence-corrected chi connectivity index (χ4v) is 10.9. The predicted octanol–water partition coefficient (Wildman–Crippen LogP) is 18.6. The number of benzene rings is 12. The molecule has 12 aromatic carbocycles. The predicted molar refractivity (Wildman–Crippen MR) is 292 cm³/mol. The highest BCUT2D eigenvalue weighted by atomic mass is 16.3. The van der Waals surface area contributed by atoms with Crippen molar-refractivity contribution in [3.8, 4) is 39.1 Å². The highest BCUT2D eigenvalue weighted by Crippen LogP contribution is 2.43. The first-order valence-corrected chi connectivity index (χ1v) is 23.6. The van der Waals surface area contributed by atoms with Gasteiger partial charge in [-0.3, -0.25) is 0 Å². The van der Waals surface area contributed by atoms with Crippen molar-refractivity contribution in [3.63, 3.8) is 0 Å². The van der Waals surface area contributed by atoms with Crippen LogP contribution in [0.5, 0.6) is 0 Å². The van der Waals surface area contributed by atoms with Crippen LogP contribution in [0.2, 0.25) is 0 Å². The Hall–Kier alpha value is -9.18. The maximum Gasteiger partial charge on any atom is 0.136 e. The molecule has 0 atom stereocenters. The highest BCUT2D eigenvalue weighted by Gasteiger charge is 2.18. The van der Waals surface area contributed by atoms with E-state index in [1.165, 1.54) is 70.8 Å². The van der Waals surface area contributed by atoms with E-state index in [2.05, 4.69) is 252 Å². The van der Waals surface area contributed by atoms with E-state index in [9.17, 15) is 0 Å². The smallest absolute Gasteiger partial charge is 0.136 e. The summed E-state index contributed by atoms with van der Waals surface area (Å²) in [6.07, 6.45) is 0. The molecule has 0 spiro atoms. The van der Waals surface area contributed by atoms with Crippen molar-refractivity contribution in [3.05, 3.63) is 255 Å². The second-order valence-electron chi connectivity index (χ2n) is 18.1. The van der Waals surface area contributed by atoms with E-state index in [1.807, 2.05) is 12.1 Å². The molecular formula is C66H42N2O. The number of anilines is 3. The third kappa shape index (κ3) is 6.43. The zero-order valence-electron chi connectivity index (χ0n) is 37.6. The summed E-state index contributed by atoms with van der Waals surface area (Å²) < 4.78 is 8.67. The fourth-order valence-electron chi connectivity index (χ4n) is 10.9. The molecule has 3 heteroatoms. The number of para-hydroxylation sites is 3. The molecule has 0 aliphatic rings. The number of aromatic nitrogens is 1. The average Bonchev–Trinajstić information content (AvgIpc) is 3.97. The molecule has 2 aromatic heterocycles. The summed E-state index contributed by atoms with van der Waals surface area (Å²) in [5, 5.41) is 12.4. The molecule has 2 heterocycles. The lowest BCUT2D eigenvalue weighted by atomic mass is 9.94. The summed E-state index contributed by atoms with van der Waals surface area (Å²) in [7, 11) is 0. The van der Waals surface area contributed by atoms with E-state index in [0.29, 0.717) is 0 Å². The van der Waals surface area contributed by atoms with Crippen LogP contribution in [-0.2, 0) is 0 Å². The summed E-state index contributed by atoms with van der Waals surface area (Å²) in [6.45, 7) is 0. The minimum Gasteiger partial charge on any atom is -0.456 e. The molecule has 14 aromatic rings. The van der Waals surface area contributed by atoms with Crippen LogP contribution in [-0.4, -0.2) is 4.57 Å². The largest absolute Gasteiger partial charge is 0.456 e. The summed E-state index contributed by atoms with van der Waals surface area (Å²) >= 11 is 0. The van der Waals surface area contributed by atoms with Gasteiger partial charge in [0, 0.05) is 44.3 Å². The van der Waals surface area contributed by atoms with Gasteiger partial charge in [0.05, 0.1) is 11.0 Å². The quantitative estimate of drug-likeness (QED) is 0.149. The van der Waals surface area contributed by atoms with Crippen molar-refractivity contribution in [2.75, 3.05) is 4.90 Å². The van der Waals surface area contributed by atoms with Crippen molar-refractivity contribution in [1.82, 2.24) is 4.57 Å². The van der Waals surface area contributed by atoms with E-state index >= 15 is 0 Å². The van der Waals surface area contributed by atoms with Gasteiger partial charge in [0.2, 0.25) is 0 Å². The number of nitrogens with zero attached hydrogens (tertiary/aromatic N) is 2. The fraction of sp³-hybridized carbons (Fsp3) is 0. The average molecular weight is 879 g/mol. The lowest BCUT2D eigenvalue weighted by molar-refractivity contribution is 0.669. The van der Waals surface area contributed by atoms with Crippen molar-refractivity contribution >= 4 is 93.1 Å². The van der Waals surface area contributed by atoms with Gasteiger partial charge in [0.1, 0.15) is 11.2 Å². The van der Waals surface area contributed by atoms with Gasteiger partial charge in [-0.15, -0.1) is 0 Å². The van der Waals surface area contributed by atoms with Gasteiger partial charge in [0.15, 0.2) is 0 Å². The SMILES string of the molecule is c1cc(-c2ccc(-c3ccc(N(c4ccc(-c5ccc6c(c5)oc5ccccc56)cc4)c4ccc5c6ccccc6c6ccccc6c5c4)cc3)cc2)cc(-n2c3ccccc3c3ccccc32)c1. The number of hydrogen-bond donors (Lipinski definition) is 0. The molecule has 0 bridgehead atoms. The molecule has 0 saturated heterocycles. The second kappa shape index (κ2) is 15.7. The molecule has 69 heavy (non-hydrogen) atoms. The van der Waals surface area contributed by atoms with Crippen molar-refractivity contribution in [2.24, 2.45) is 0 Å². The highest BCUT2D eigenvalue weighted by molar-refractivity contribution is 6.26. The van der Waals surface area contributed by atoms with Crippen LogP contribution in [0.25, 0.3) is 115 Å². The Morgan fingerprint density at radius 3 is 1.25 bits per heavy atom. The lowest BCUT2D eigenvalue weighted by Crippen LogP contribution is -2.10. The van der Waals surface area contributed by atoms with E-state index < -0.39 is 0 Å². The molecular weight excluding hydrogens is 837 g/mol. The number of fused-ring (bicyclic) bond motifs is 12. The third-order valence-corrected chi connectivity index (χ3v) is 14.2. The molecule has 0 radical (unpaired) electrons. The van der Waals surface area contributed by atoms with Crippen LogP contribution in [0, 0.1) is 0 Å². The maximum absolute atomic E-state index is 6.28. The van der Waals surface area contributed by atoms with Crippen LogP contribution in [0.4, 0.5) is 17.1 Å². The Morgan fingerprint density at radius 2 is 0.652 bits per heavy atom. The summed E-state index contributed by atoms with van der Waals surface area (Å²) in [6, 6.07) is 92.5. The molecule has 0 unspecified atom stereocenters. The Balaban J connectivity index is 0.827. The zero-order valence-corrected chi connectivity index (χ0v) is 37.6. The number of hydrogen-bond acceptors (Lipinski definition) is 2. The molecule has 0 aliphatic carbocycles. The maximum atomic E-state index is 6.28. The van der Waals surface area contributed by atoms with Gasteiger partial charge in [-0.25, -0.2) is 0 Å². The van der Waals surface area contributed by atoms with Crippen LogP contribution in [0.1, 0.15) is 0 Å². The Labute approximate surface area is 399 Å². The molecule has 14 rings (SSSR count). The Kier molecular flexibility index (Phi) is 8.90. The summed E-state index contributed by atoms with van der Waals surface area (Å²) in [4.78, 5) is 2.38. The van der Waals surface area contributed by atoms with E-state index in [4.69, 9.17) is 4.42 Å². The van der Waals surface area contributed by atoms with Crippen LogP contribution in [0.15, 0.2) is 259 Å². The first-order chi connectivity index (χ1) is 34.2. The van der Waals surface area contributed by atoms with Crippen LogP contribution < -0.4 is 4.90 Å². The standard InChI is InChI=1S/C66H42N2O/c1-2-16-55-53(14-1)54-15-3-4-17-56(54)62-42-52(37-39-57(55)62)67(50-35-30-46(31-36-50)48-32-38-61-60-20-7-10-23-65(60)69-66(61)41-48)49-33-28-44(29-34-49)43-24-26-45(27-25-43)47-12-11-13-51(40-47)68-63-21-8-5-18-58(63)59-19-6-9-22-64(59)68/h1-42H. The van der Waals surface area contributed by atoms with Crippen molar-refractivity contribution in [1.29, 1.82) is 0 Å². The molecule has 0 amide bonds. The normalized spacial score (nSPS) is 11.8. The van der Waals surface area contributed by atoms with E-state index in [1.54, 1.807) is 0 Å². The van der Waals surface area contributed by atoms with Crippen molar-refractivity contribution < 1.29 is 4.42 Å². The topological polar surface area (TPSA) is 21.3 Å². The molecule has 0 saturated carbocycles. The zero-order chi connectivity index (χ0) is 45.4. The van der Waals surface area contributed by atoms with Crippen LogP contribution >= 0.6 is 0 Å². The van der Waals surface area contributed by atoms with E-state index in [0.717, 1.165) is 61.4 Å². The molecule has 3 nitrogen and oxygen atoms in total.